The lowest BCUT2D eigenvalue weighted by atomic mass is 10.1. The molecule has 7 heteroatoms. The molecule has 0 aromatic carbocycles. The summed E-state index contributed by atoms with van der Waals surface area (Å²) in [5, 5.41) is 8.99. The first-order valence-electron chi connectivity index (χ1n) is 6.45. The van der Waals surface area contributed by atoms with Crippen LogP contribution in [0.4, 0.5) is 4.79 Å². The van der Waals surface area contributed by atoms with Crippen LogP contribution in [-0.4, -0.2) is 79.5 Å². The van der Waals surface area contributed by atoms with Crippen molar-refractivity contribution in [3.05, 3.63) is 0 Å². The summed E-state index contributed by atoms with van der Waals surface area (Å²) in [7, 11) is 1.59. The molecule has 0 saturated carbocycles. The molecule has 0 aromatic rings. The van der Waals surface area contributed by atoms with E-state index in [2.05, 4.69) is 4.90 Å². The first-order chi connectivity index (χ1) is 9.08. The number of carbonyl (C=O) groups excluding carboxylic acids is 1. The number of rotatable bonds is 6. The van der Waals surface area contributed by atoms with E-state index >= 15 is 0 Å². The van der Waals surface area contributed by atoms with Gasteiger partial charge < -0.3 is 19.5 Å². The smallest absolute Gasteiger partial charge is 0.407 e. The Labute approximate surface area is 113 Å². The molecule has 1 aliphatic heterocycles. The van der Waals surface area contributed by atoms with Crippen molar-refractivity contribution in [3.63, 3.8) is 0 Å². The second-order valence-electron chi connectivity index (χ2n) is 4.43. The molecule has 1 aliphatic rings. The van der Waals surface area contributed by atoms with Gasteiger partial charge in [0.1, 0.15) is 0 Å². The molecule has 0 bridgehead atoms. The van der Waals surface area contributed by atoms with Gasteiger partial charge in [-0.2, -0.15) is 0 Å². The Hall–Kier alpha value is -1.34. The van der Waals surface area contributed by atoms with E-state index in [-0.39, 0.29) is 12.0 Å². The van der Waals surface area contributed by atoms with E-state index < -0.39 is 6.09 Å². The zero-order chi connectivity index (χ0) is 14.3. The van der Waals surface area contributed by atoms with Crippen molar-refractivity contribution in [2.75, 3.05) is 46.5 Å². The molecule has 110 valence electrons. The van der Waals surface area contributed by atoms with E-state index in [4.69, 9.17) is 14.6 Å². The molecule has 1 atom stereocenters. The molecule has 0 aromatic heterocycles. The summed E-state index contributed by atoms with van der Waals surface area (Å²) in [6.07, 6.45) is -0.590. The van der Waals surface area contributed by atoms with E-state index in [1.54, 1.807) is 14.0 Å². The van der Waals surface area contributed by atoms with Gasteiger partial charge in [0.05, 0.1) is 25.7 Å². The fourth-order valence-corrected chi connectivity index (χ4v) is 2.18. The van der Waals surface area contributed by atoms with Crippen LogP contribution in [0.2, 0.25) is 0 Å². The van der Waals surface area contributed by atoms with Crippen molar-refractivity contribution in [2.45, 2.75) is 19.4 Å². The van der Waals surface area contributed by atoms with Gasteiger partial charge in [0.25, 0.3) is 0 Å². The van der Waals surface area contributed by atoms with Crippen LogP contribution in [-0.2, 0) is 14.3 Å². The number of hydrogen-bond donors (Lipinski definition) is 1. The maximum Gasteiger partial charge on any atom is 0.407 e. The summed E-state index contributed by atoms with van der Waals surface area (Å²) < 4.78 is 10.0. The minimum absolute atomic E-state index is 0.00993. The summed E-state index contributed by atoms with van der Waals surface area (Å²) >= 11 is 0. The van der Waals surface area contributed by atoms with Gasteiger partial charge in [-0.3, -0.25) is 9.69 Å². The molecule has 1 heterocycles. The van der Waals surface area contributed by atoms with E-state index in [1.807, 2.05) is 0 Å². The van der Waals surface area contributed by atoms with Gasteiger partial charge >= 0.3 is 12.1 Å². The van der Waals surface area contributed by atoms with Crippen LogP contribution in [0.25, 0.3) is 0 Å². The van der Waals surface area contributed by atoms with Crippen molar-refractivity contribution in [2.24, 2.45) is 0 Å². The molecule has 0 radical (unpaired) electrons. The van der Waals surface area contributed by atoms with Crippen LogP contribution in [0.1, 0.15) is 13.3 Å². The number of carbonyl (C=O) groups is 2. The van der Waals surface area contributed by atoms with Gasteiger partial charge in [0.2, 0.25) is 0 Å². The largest absolute Gasteiger partial charge is 0.466 e. The number of amides is 1. The van der Waals surface area contributed by atoms with E-state index in [0.29, 0.717) is 45.8 Å². The number of methoxy groups -OCH3 is 1. The second-order valence-corrected chi connectivity index (χ2v) is 4.43. The molecular weight excluding hydrogens is 252 g/mol. The third-order valence-electron chi connectivity index (χ3n) is 3.14. The predicted molar refractivity (Wildman–Crippen MR) is 68.1 cm³/mol. The topological polar surface area (TPSA) is 79.3 Å². The molecule has 1 amide bonds. The third-order valence-corrected chi connectivity index (χ3v) is 3.14. The number of piperazine rings is 1. The second kappa shape index (κ2) is 7.96. The average Bonchev–Trinajstić information content (AvgIpc) is 2.37. The highest BCUT2D eigenvalue weighted by molar-refractivity contribution is 5.69. The molecule has 19 heavy (non-hydrogen) atoms. The first-order valence-corrected chi connectivity index (χ1v) is 6.45. The molecule has 1 saturated heterocycles. The van der Waals surface area contributed by atoms with Crippen molar-refractivity contribution >= 4 is 12.1 Å². The Bertz CT molecular complexity index is 310. The average molecular weight is 274 g/mol. The van der Waals surface area contributed by atoms with Gasteiger partial charge in [-0.15, -0.1) is 0 Å². The third kappa shape index (κ3) is 5.04. The standard InChI is InChI=1S/C12H22N2O5/c1-3-19-11(15)4-5-13-6-7-14(12(16)17)8-10(13)9-18-2/h10H,3-9H2,1-2H3,(H,16,17)/t10-/m0/s1. The molecule has 1 fully saturated rings. The van der Waals surface area contributed by atoms with Crippen LogP contribution in [0, 0.1) is 0 Å². The summed E-state index contributed by atoms with van der Waals surface area (Å²) in [6, 6.07) is -0.00993. The number of esters is 1. The van der Waals surface area contributed by atoms with Crippen molar-refractivity contribution in [3.8, 4) is 0 Å². The van der Waals surface area contributed by atoms with Gasteiger partial charge in [-0.05, 0) is 6.92 Å². The van der Waals surface area contributed by atoms with Gasteiger partial charge in [-0.1, -0.05) is 0 Å². The zero-order valence-corrected chi connectivity index (χ0v) is 11.5. The van der Waals surface area contributed by atoms with Crippen LogP contribution in [0.3, 0.4) is 0 Å². The van der Waals surface area contributed by atoms with Crippen molar-refractivity contribution in [1.82, 2.24) is 9.80 Å². The maximum absolute atomic E-state index is 11.3. The first kappa shape index (κ1) is 15.7. The highest BCUT2D eigenvalue weighted by atomic mass is 16.5. The van der Waals surface area contributed by atoms with E-state index in [9.17, 15) is 9.59 Å². The van der Waals surface area contributed by atoms with Gasteiger partial charge in [0.15, 0.2) is 0 Å². The lowest BCUT2D eigenvalue weighted by Gasteiger charge is -2.39. The van der Waals surface area contributed by atoms with Gasteiger partial charge in [0, 0.05) is 33.3 Å². The van der Waals surface area contributed by atoms with Crippen molar-refractivity contribution < 1.29 is 24.2 Å². The number of hydrogen-bond acceptors (Lipinski definition) is 5. The minimum Gasteiger partial charge on any atom is -0.466 e. The Balaban J connectivity index is 2.47. The normalized spacial score (nSPS) is 20.3. The summed E-state index contributed by atoms with van der Waals surface area (Å²) in [5.74, 6) is -0.223. The Kier molecular flexibility index (Phi) is 6.58. The monoisotopic (exact) mass is 274 g/mol. The lowest BCUT2D eigenvalue weighted by Crippen LogP contribution is -2.56. The highest BCUT2D eigenvalue weighted by Crippen LogP contribution is 2.11. The minimum atomic E-state index is -0.911. The van der Waals surface area contributed by atoms with Crippen LogP contribution in [0.15, 0.2) is 0 Å². The summed E-state index contributed by atoms with van der Waals surface area (Å²) in [4.78, 5) is 25.8. The fourth-order valence-electron chi connectivity index (χ4n) is 2.18. The number of ether oxygens (including phenoxy) is 2. The van der Waals surface area contributed by atoms with Crippen molar-refractivity contribution in [1.29, 1.82) is 0 Å². The molecule has 1 rings (SSSR count). The van der Waals surface area contributed by atoms with Crippen LogP contribution < -0.4 is 0 Å². The number of nitrogens with zero attached hydrogens (tertiary/aromatic N) is 2. The molecule has 0 spiro atoms. The quantitative estimate of drug-likeness (QED) is 0.699. The van der Waals surface area contributed by atoms with E-state index in [0.717, 1.165) is 0 Å². The predicted octanol–water partition coefficient (Wildman–Crippen LogP) is 0.250. The molecule has 0 aliphatic carbocycles. The highest BCUT2D eigenvalue weighted by Gasteiger charge is 2.29. The molecule has 0 unspecified atom stereocenters. The summed E-state index contributed by atoms with van der Waals surface area (Å²) in [5.41, 5.74) is 0. The zero-order valence-electron chi connectivity index (χ0n) is 11.5. The van der Waals surface area contributed by atoms with E-state index in [1.165, 1.54) is 4.90 Å². The molecule has 7 nitrogen and oxygen atoms in total. The Morgan fingerprint density at radius 2 is 2.11 bits per heavy atom. The summed E-state index contributed by atoms with van der Waals surface area (Å²) in [6.45, 7) is 4.65. The lowest BCUT2D eigenvalue weighted by molar-refractivity contribution is -0.143. The molecule has 1 N–H and O–H groups in total. The Morgan fingerprint density at radius 1 is 1.37 bits per heavy atom. The SMILES string of the molecule is CCOC(=O)CCN1CCN(C(=O)O)C[C@H]1COC. The van der Waals surface area contributed by atoms with Crippen LogP contribution >= 0.6 is 0 Å². The fraction of sp³-hybridized carbons (Fsp3) is 0.833. The maximum atomic E-state index is 11.3. The molecular formula is C12H22N2O5. The van der Waals surface area contributed by atoms with Crippen LogP contribution in [0.5, 0.6) is 0 Å². The number of carboxylic acid groups (broad SMARTS) is 1. The Morgan fingerprint density at radius 3 is 2.68 bits per heavy atom. The van der Waals surface area contributed by atoms with Gasteiger partial charge in [-0.25, -0.2) is 4.79 Å².